The summed E-state index contributed by atoms with van der Waals surface area (Å²) in [7, 11) is 0. The van der Waals surface area contributed by atoms with Crippen LogP contribution in [0.1, 0.15) is 52.4 Å². The fraction of sp³-hybridized carbons (Fsp3) is 0.769. The van der Waals surface area contributed by atoms with Crippen LogP contribution < -0.4 is 0 Å². The molecule has 0 saturated heterocycles. The molecule has 0 saturated carbocycles. The number of rotatable bonds is 9. The Balaban J connectivity index is 3.57. The molecule has 0 aliphatic heterocycles. The van der Waals surface area contributed by atoms with Gasteiger partial charge in [0.25, 0.3) is 0 Å². The molecule has 0 amide bonds. The quantitative estimate of drug-likeness (QED) is 0.331. The number of hydrogen-bond acceptors (Lipinski definition) is 2. The van der Waals surface area contributed by atoms with E-state index in [-0.39, 0.29) is 11.9 Å². The van der Waals surface area contributed by atoms with Crippen LogP contribution >= 0.6 is 0 Å². The Morgan fingerprint density at radius 2 is 2.00 bits per heavy atom. The van der Waals surface area contributed by atoms with Crippen molar-refractivity contribution in [3.05, 3.63) is 12.7 Å². The van der Waals surface area contributed by atoms with Crippen LogP contribution in [-0.4, -0.2) is 12.6 Å². The summed E-state index contributed by atoms with van der Waals surface area (Å²) in [5, 5.41) is 0. The number of carbonyl (C=O) groups is 1. The third-order valence-corrected chi connectivity index (χ3v) is 2.43. The fourth-order valence-electron chi connectivity index (χ4n) is 1.45. The van der Waals surface area contributed by atoms with Gasteiger partial charge >= 0.3 is 5.97 Å². The topological polar surface area (TPSA) is 26.3 Å². The normalized spacial score (nSPS) is 12.1. The summed E-state index contributed by atoms with van der Waals surface area (Å²) < 4.78 is 5.18. The van der Waals surface area contributed by atoms with Crippen LogP contribution in [0.3, 0.4) is 0 Å². The van der Waals surface area contributed by atoms with Crippen LogP contribution in [0, 0.1) is 5.92 Å². The second-order valence-corrected chi connectivity index (χ2v) is 3.86. The zero-order valence-electron chi connectivity index (χ0n) is 10.1. The van der Waals surface area contributed by atoms with Crippen LogP contribution in [0.15, 0.2) is 12.7 Å². The predicted octanol–water partition coefficient (Wildman–Crippen LogP) is 3.71. The lowest BCUT2D eigenvalue weighted by Crippen LogP contribution is -2.16. The molecule has 0 aliphatic rings. The minimum atomic E-state index is -0.110. The van der Waals surface area contributed by atoms with Crippen molar-refractivity contribution in [2.24, 2.45) is 5.92 Å². The summed E-state index contributed by atoms with van der Waals surface area (Å²) in [5.74, 6) is -0.218. The van der Waals surface area contributed by atoms with E-state index in [0.29, 0.717) is 6.61 Å². The van der Waals surface area contributed by atoms with E-state index in [0.717, 1.165) is 25.7 Å². The molecule has 0 aliphatic carbocycles. The standard InChI is InChI=1S/C13H24O2/c1-4-7-8-9-11-15-13(14)12(6-3)10-5-2/h6,12H,3-5,7-11H2,1-2H3. The average Bonchev–Trinajstić information content (AvgIpc) is 2.25. The van der Waals surface area contributed by atoms with E-state index in [1.54, 1.807) is 6.08 Å². The fourth-order valence-corrected chi connectivity index (χ4v) is 1.45. The van der Waals surface area contributed by atoms with Crippen molar-refractivity contribution in [2.45, 2.75) is 52.4 Å². The van der Waals surface area contributed by atoms with Crippen LogP contribution in [0.4, 0.5) is 0 Å². The first kappa shape index (κ1) is 14.2. The molecule has 0 rings (SSSR count). The lowest BCUT2D eigenvalue weighted by Gasteiger charge is -2.10. The maximum absolute atomic E-state index is 11.5. The average molecular weight is 212 g/mol. The van der Waals surface area contributed by atoms with E-state index in [4.69, 9.17) is 4.74 Å². The van der Waals surface area contributed by atoms with Gasteiger partial charge in [-0.3, -0.25) is 4.79 Å². The Hall–Kier alpha value is -0.790. The lowest BCUT2D eigenvalue weighted by molar-refractivity contribution is -0.147. The summed E-state index contributed by atoms with van der Waals surface area (Å²) in [5.41, 5.74) is 0. The van der Waals surface area contributed by atoms with Gasteiger partial charge in [-0.05, 0) is 12.8 Å². The van der Waals surface area contributed by atoms with Crippen molar-refractivity contribution >= 4 is 5.97 Å². The highest BCUT2D eigenvalue weighted by Crippen LogP contribution is 2.10. The molecule has 1 atom stereocenters. The van der Waals surface area contributed by atoms with E-state index in [1.165, 1.54) is 12.8 Å². The zero-order chi connectivity index (χ0) is 11.5. The SMILES string of the molecule is C=CC(CCC)C(=O)OCCCCCC. The second kappa shape index (κ2) is 9.75. The highest BCUT2D eigenvalue weighted by molar-refractivity contribution is 5.74. The van der Waals surface area contributed by atoms with Crippen molar-refractivity contribution in [2.75, 3.05) is 6.61 Å². The summed E-state index contributed by atoms with van der Waals surface area (Å²) in [6.45, 7) is 8.45. The number of carbonyl (C=O) groups excluding carboxylic acids is 1. The Morgan fingerprint density at radius 1 is 1.27 bits per heavy atom. The maximum atomic E-state index is 11.5. The van der Waals surface area contributed by atoms with Crippen LogP contribution in [-0.2, 0) is 9.53 Å². The molecule has 15 heavy (non-hydrogen) atoms. The van der Waals surface area contributed by atoms with Crippen molar-refractivity contribution < 1.29 is 9.53 Å². The van der Waals surface area contributed by atoms with Gasteiger partial charge in [-0.1, -0.05) is 45.6 Å². The highest BCUT2D eigenvalue weighted by atomic mass is 16.5. The first-order valence-corrected chi connectivity index (χ1v) is 6.05. The molecule has 0 aromatic carbocycles. The molecule has 88 valence electrons. The van der Waals surface area contributed by atoms with Gasteiger partial charge < -0.3 is 4.74 Å². The monoisotopic (exact) mass is 212 g/mol. The summed E-state index contributed by atoms with van der Waals surface area (Å²) in [4.78, 5) is 11.5. The van der Waals surface area contributed by atoms with E-state index in [2.05, 4.69) is 20.4 Å². The third kappa shape index (κ3) is 7.18. The first-order valence-electron chi connectivity index (χ1n) is 6.05. The molecular formula is C13H24O2. The Kier molecular flexibility index (Phi) is 9.24. The molecule has 0 N–H and O–H groups in total. The Labute approximate surface area is 93.7 Å². The van der Waals surface area contributed by atoms with Gasteiger partial charge in [0.2, 0.25) is 0 Å². The molecule has 0 radical (unpaired) electrons. The van der Waals surface area contributed by atoms with Gasteiger partial charge in [0.1, 0.15) is 0 Å². The predicted molar refractivity (Wildman–Crippen MR) is 63.7 cm³/mol. The summed E-state index contributed by atoms with van der Waals surface area (Å²) in [6.07, 6.45) is 8.08. The number of unbranched alkanes of at least 4 members (excludes halogenated alkanes) is 3. The first-order chi connectivity index (χ1) is 7.26. The van der Waals surface area contributed by atoms with E-state index < -0.39 is 0 Å². The minimum absolute atomic E-state index is 0.108. The molecule has 0 spiro atoms. The van der Waals surface area contributed by atoms with Gasteiger partial charge in [0.15, 0.2) is 0 Å². The molecule has 0 bridgehead atoms. The number of hydrogen-bond donors (Lipinski definition) is 0. The van der Waals surface area contributed by atoms with Crippen molar-refractivity contribution in [1.82, 2.24) is 0 Å². The largest absolute Gasteiger partial charge is 0.465 e. The second-order valence-electron chi connectivity index (χ2n) is 3.86. The Bertz CT molecular complexity index is 175. The maximum Gasteiger partial charge on any atom is 0.312 e. The molecule has 0 fully saturated rings. The van der Waals surface area contributed by atoms with Crippen molar-refractivity contribution in [3.8, 4) is 0 Å². The minimum Gasteiger partial charge on any atom is -0.465 e. The van der Waals surface area contributed by atoms with Gasteiger partial charge in [-0.15, -0.1) is 6.58 Å². The van der Waals surface area contributed by atoms with Crippen LogP contribution in [0.25, 0.3) is 0 Å². The number of esters is 1. The van der Waals surface area contributed by atoms with E-state index in [1.807, 2.05) is 0 Å². The van der Waals surface area contributed by atoms with Crippen molar-refractivity contribution in [1.29, 1.82) is 0 Å². The van der Waals surface area contributed by atoms with Gasteiger partial charge in [0.05, 0.1) is 12.5 Å². The molecule has 2 heteroatoms. The van der Waals surface area contributed by atoms with E-state index >= 15 is 0 Å². The smallest absolute Gasteiger partial charge is 0.312 e. The number of ether oxygens (including phenoxy) is 1. The third-order valence-electron chi connectivity index (χ3n) is 2.43. The van der Waals surface area contributed by atoms with Gasteiger partial charge in [-0.25, -0.2) is 0 Å². The van der Waals surface area contributed by atoms with Gasteiger partial charge in [0, 0.05) is 0 Å². The molecule has 0 heterocycles. The zero-order valence-corrected chi connectivity index (χ0v) is 10.1. The highest BCUT2D eigenvalue weighted by Gasteiger charge is 2.14. The molecular weight excluding hydrogens is 188 g/mol. The summed E-state index contributed by atoms with van der Waals surface area (Å²) in [6, 6.07) is 0. The molecule has 2 nitrogen and oxygen atoms in total. The van der Waals surface area contributed by atoms with Crippen LogP contribution in [0.2, 0.25) is 0 Å². The van der Waals surface area contributed by atoms with Gasteiger partial charge in [-0.2, -0.15) is 0 Å². The lowest BCUT2D eigenvalue weighted by atomic mass is 10.0. The molecule has 0 aromatic heterocycles. The summed E-state index contributed by atoms with van der Waals surface area (Å²) >= 11 is 0. The van der Waals surface area contributed by atoms with Crippen LogP contribution in [0.5, 0.6) is 0 Å². The van der Waals surface area contributed by atoms with E-state index in [9.17, 15) is 4.79 Å². The molecule has 1 unspecified atom stereocenters. The Morgan fingerprint density at radius 3 is 2.53 bits per heavy atom. The molecule has 0 aromatic rings. The van der Waals surface area contributed by atoms with Crippen molar-refractivity contribution in [3.63, 3.8) is 0 Å².